The number of halogens is 1. The third-order valence-corrected chi connectivity index (χ3v) is 7.01. The largest absolute Gasteiger partial charge is 0.308 e. The number of aryl methyl sites for hydroxylation is 2. The number of benzene rings is 2. The van der Waals surface area contributed by atoms with Crippen LogP contribution < -0.4 is 4.90 Å². The van der Waals surface area contributed by atoms with Crippen LogP contribution in [0, 0.1) is 13.8 Å². The summed E-state index contributed by atoms with van der Waals surface area (Å²) in [6, 6.07) is 12.6. The van der Waals surface area contributed by atoms with Crippen LogP contribution in [-0.2, 0) is 11.2 Å². The molecule has 0 unspecified atom stereocenters. The van der Waals surface area contributed by atoms with E-state index in [1.807, 2.05) is 30.8 Å². The quantitative estimate of drug-likeness (QED) is 0.374. The van der Waals surface area contributed by atoms with Crippen molar-refractivity contribution in [1.82, 2.24) is 9.88 Å². The maximum Gasteiger partial charge on any atom is 0.233 e. The number of anilines is 1. The van der Waals surface area contributed by atoms with Crippen LogP contribution in [0.1, 0.15) is 30.5 Å². The van der Waals surface area contributed by atoms with Gasteiger partial charge >= 0.3 is 0 Å². The van der Waals surface area contributed by atoms with Gasteiger partial charge in [-0.2, -0.15) is 0 Å². The van der Waals surface area contributed by atoms with Gasteiger partial charge in [-0.25, -0.2) is 4.98 Å². The SMILES string of the molecule is Cc1cc(C)c2sc(N(CCN(C)C)C(=O)Cc3ccc(SC(C)C)cc3)nc2c1.Cl. The Kier molecular flexibility index (Phi) is 9.37. The van der Waals surface area contributed by atoms with Crippen LogP contribution in [0.5, 0.6) is 0 Å². The molecule has 4 nitrogen and oxygen atoms in total. The third-order valence-electron chi connectivity index (χ3n) is 4.76. The second-order valence-electron chi connectivity index (χ2n) is 8.26. The van der Waals surface area contributed by atoms with Gasteiger partial charge in [-0.05, 0) is 62.8 Å². The number of hydrogen-bond acceptors (Lipinski definition) is 5. The van der Waals surface area contributed by atoms with E-state index in [1.165, 1.54) is 16.0 Å². The Labute approximate surface area is 200 Å². The second-order valence-corrected chi connectivity index (χ2v) is 10.9. The fourth-order valence-corrected chi connectivity index (χ4v) is 5.23. The molecule has 7 heteroatoms. The molecule has 2 aromatic carbocycles. The van der Waals surface area contributed by atoms with Gasteiger partial charge in [-0.1, -0.05) is 43.4 Å². The number of hydrogen-bond donors (Lipinski definition) is 0. The molecule has 0 bridgehead atoms. The minimum atomic E-state index is 0. The number of thioether (sulfide) groups is 1. The summed E-state index contributed by atoms with van der Waals surface area (Å²) in [7, 11) is 4.05. The molecule has 0 fully saturated rings. The van der Waals surface area contributed by atoms with Crippen LogP contribution in [0.25, 0.3) is 10.2 Å². The molecule has 0 aliphatic heterocycles. The molecule has 3 rings (SSSR count). The number of carbonyl (C=O) groups excluding carboxylic acids is 1. The van der Waals surface area contributed by atoms with Crippen molar-refractivity contribution in [2.24, 2.45) is 0 Å². The molecular weight excluding hydrogens is 446 g/mol. The van der Waals surface area contributed by atoms with E-state index >= 15 is 0 Å². The first-order chi connectivity index (χ1) is 14.2. The van der Waals surface area contributed by atoms with Gasteiger partial charge in [-0.15, -0.1) is 24.2 Å². The van der Waals surface area contributed by atoms with Crippen LogP contribution in [-0.4, -0.2) is 48.2 Å². The van der Waals surface area contributed by atoms with Crippen molar-refractivity contribution in [2.45, 2.75) is 44.3 Å². The maximum absolute atomic E-state index is 13.3. The first-order valence-corrected chi connectivity index (χ1v) is 12.0. The average Bonchev–Trinajstić information content (AvgIpc) is 3.06. The number of nitrogens with zero attached hydrogens (tertiary/aromatic N) is 3. The fraction of sp³-hybridized carbons (Fsp3) is 0.417. The van der Waals surface area contributed by atoms with E-state index in [0.717, 1.165) is 27.5 Å². The zero-order valence-corrected chi connectivity index (χ0v) is 21.6. The molecule has 0 saturated carbocycles. The number of rotatable bonds is 8. The zero-order valence-electron chi connectivity index (χ0n) is 19.1. The highest BCUT2D eigenvalue weighted by molar-refractivity contribution is 7.99. The lowest BCUT2D eigenvalue weighted by atomic mass is 10.1. The number of thiazole rings is 1. The summed E-state index contributed by atoms with van der Waals surface area (Å²) in [4.78, 5) is 23.3. The van der Waals surface area contributed by atoms with Gasteiger partial charge in [0.15, 0.2) is 5.13 Å². The van der Waals surface area contributed by atoms with Gasteiger partial charge in [0.05, 0.1) is 16.6 Å². The lowest BCUT2D eigenvalue weighted by Crippen LogP contribution is -2.37. The number of fused-ring (bicyclic) bond motifs is 1. The summed E-state index contributed by atoms with van der Waals surface area (Å²) in [6.45, 7) is 9.99. The van der Waals surface area contributed by atoms with Gasteiger partial charge in [0.2, 0.25) is 5.91 Å². The highest BCUT2D eigenvalue weighted by atomic mass is 35.5. The molecule has 1 amide bonds. The first-order valence-electron chi connectivity index (χ1n) is 10.3. The Bertz CT molecular complexity index is 1020. The molecular formula is C24H32ClN3OS2. The van der Waals surface area contributed by atoms with Crippen molar-refractivity contribution in [2.75, 3.05) is 32.1 Å². The monoisotopic (exact) mass is 477 g/mol. The van der Waals surface area contributed by atoms with Crippen molar-refractivity contribution in [3.05, 3.63) is 53.1 Å². The number of amides is 1. The molecule has 1 aromatic heterocycles. The Hall–Kier alpha value is -1.60. The maximum atomic E-state index is 13.3. The molecule has 1 heterocycles. The van der Waals surface area contributed by atoms with Crippen LogP contribution >= 0.6 is 35.5 Å². The Balaban J connectivity index is 0.00000341. The van der Waals surface area contributed by atoms with E-state index < -0.39 is 0 Å². The highest BCUT2D eigenvalue weighted by Gasteiger charge is 2.21. The van der Waals surface area contributed by atoms with Crippen molar-refractivity contribution >= 4 is 56.8 Å². The van der Waals surface area contributed by atoms with Crippen molar-refractivity contribution < 1.29 is 4.79 Å². The fourth-order valence-electron chi connectivity index (χ4n) is 3.34. The molecule has 3 aromatic rings. The molecule has 0 spiro atoms. The topological polar surface area (TPSA) is 36.4 Å². The Morgan fingerprint density at radius 3 is 2.39 bits per heavy atom. The van der Waals surface area contributed by atoms with Crippen molar-refractivity contribution in [1.29, 1.82) is 0 Å². The van der Waals surface area contributed by atoms with E-state index in [9.17, 15) is 4.79 Å². The molecule has 0 N–H and O–H groups in total. The lowest BCUT2D eigenvalue weighted by molar-refractivity contribution is -0.118. The van der Waals surface area contributed by atoms with E-state index in [1.54, 1.807) is 11.3 Å². The standard InChI is InChI=1S/C24H31N3OS2.ClH/c1-16(2)29-20-9-7-19(8-10-20)15-22(28)27(12-11-26(5)6)24-25-21-14-17(3)13-18(4)23(21)30-24;/h7-10,13-14,16H,11-12,15H2,1-6H3;1H. The van der Waals surface area contributed by atoms with Gasteiger partial charge in [0.25, 0.3) is 0 Å². The predicted octanol–water partition coefficient (Wildman–Crippen LogP) is 5.97. The molecule has 168 valence electrons. The summed E-state index contributed by atoms with van der Waals surface area (Å²) < 4.78 is 1.16. The normalized spacial score (nSPS) is 11.2. The van der Waals surface area contributed by atoms with Gasteiger partial charge in [0, 0.05) is 23.2 Å². The summed E-state index contributed by atoms with van der Waals surface area (Å²) in [5.74, 6) is 0.0922. The minimum absolute atomic E-state index is 0. The number of likely N-dealkylation sites (N-methyl/N-ethyl adjacent to an activating group) is 1. The molecule has 0 radical (unpaired) electrons. The van der Waals surface area contributed by atoms with Gasteiger partial charge < -0.3 is 4.90 Å². The molecule has 0 atom stereocenters. The summed E-state index contributed by atoms with van der Waals surface area (Å²) in [5, 5.41) is 1.34. The average molecular weight is 478 g/mol. The Morgan fingerprint density at radius 1 is 1.10 bits per heavy atom. The van der Waals surface area contributed by atoms with E-state index in [4.69, 9.17) is 4.98 Å². The van der Waals surface area contributed by atoms with Crippen molar-refractivity contribution in [3.8, 4) is 0 Å². The summed E-state index contributed by atoms with van der Waals surface area (Å²) in [5.41, 5.74) is 4.43. The summed E-state index contributed by atoms with van der Waals surface area (Å²) >= 11 is 3.45. The predicted molar refractivity (Wildman–Crippen MR) is 138 cm³/mol. The Morgan fingerprint density at radius 2 is 1.77 bits per heavy atom. The van der Waals surface area contributed by atoms with E-state index in [2.05, 4.69) is 69.0 Å². The number of aromatic nitrogens is 1. The third kappa shape index (κ3) is 6.94. The van der Waals surface area contributed by atoms with Crippen LogP contribution in [0.15, 0.2) is 41.3 Å². The van der Waals surface area contributed by atoms with Crippen LogP contribution in [0.3, 0.4) is 0 Å². The molecule has 31 heavy (non-hydrogen) atoms. The minimum Gasteiger partial charge on any atom is -0.308 e. The van der Waals surface area contributed by atoms with Crippen molar-refractivity contribution in [3.63, 3.8) is 0 Å². The lowest BCUT2D eigenvalue weighted by Gasteiger charge is -2.22. The molecule has 0 aliphatic rings. The van der Waals surface area contributed by atoms with Gasteiger partial charge in [0.1, 0.15) is 0 Å². The van der Waals surface area contributed by atoms with Gasteiger partial charge in [-0.3, -0.25) is 9.69 Å². The van der Waals surface area contributed by atoms with E-state index in [0.29, 0.717) is 18.2 Å². The molecule has 0 aliphatic carbocycles. The zero-order chi connectivity index (χ0) is 21.8. The van der Waals surface area contributed by atoms with E-state index in [-0.39, 0.29) is 18.3 Å². The molecule has 0 saturated heterocycles. The smallest absolute Gasteiger partial charge is 0.233 e. The van der Waals surface area contributed by atoms with Crippen LogP contribution in [0.2, 0.25) is 0 Å². The second kappa shape index (κ2) is 11.3. The highest BCUT2D eigenvalue weighted by Crippen LogP contribution is 2.32. The number of carbonyl (C=O) groups is 1. The summed E-state index contributed by atoms with van der Waals surface area (Å²) in [6.07, 6.45) is 0.383. The van der Waals surface area contributed by atoms with Crippen LogP contribution in [0.4, 0.5) is 5.13 Å². The first kappa shape index (κ1) is 25.7.